The molecule has 1 unspecified atom stereocenters. The molecule has 0 bridgehead atoms. The van der Waals surface area contributed by atoms with Gasteiger partial charge in [-0.05, 0) is 17.7 Å². The van der Waals surface area contributed by atoms with Crippen molar-refractivity contribution in [2.75, 3.05) is 13.7 Å². The van der Waals surface area contributed by atoms with E-state index in [9.17, 15) is 4.79 Å². The zero-order valence-electron chi connectivity index (χ0n) is 8.74. The molecule has 0 aromatic heterocycles. The zero-order valence-corrected chi connectivity index (χ0v) is 10.3. The van der Waals surface area contributed by atoms with E-state index in [-0.39, 0.29) is 6.54 Å². The van der Waals surface area contributed by atoms with E-state index in [1.807, 2.05) is 24.3 Å². The number of halogens is 1. The van der Waals surface area contributed by atoms with Crippen LogP contribution in [0.4, 0.5) is 0 Å². The van der Waals surface area contributed by atoms with Gasteiger partial charge in [0.05, 0.1) is 19.7 Å². The third-order valence-corrected chi connectivity index (χ3v) is 2.54. The number of methoxy groups -OCH3 is 1. The molecule has 16 heavy (non-hydrogen) atoms. The Morgan fingerprint density at radius 3 is 2.69 bits per heavy atom. The van der Waals surface area contributed by atoms with Gasteiger partial charge in [0.15, 0.2) is 0 Å². The van der Waals surface area contributed by atoms with Crippen LogP contribution in [-0.2, 0) is 9.53 Å². The second kappa shape index (κ2) is 6.26. The Kier molecular flexibility index (Phi) is 4.96. The molecule has 0 saturated heterocycles. The van der Waals surface area contributed by atoms with Crippen LogP contribution in [0, 0.1) is 11.3 Å². The van der Waals surface area contributed by atoms with E-state index in [2.05, 4.69) is 32.1 Å². The molecule has 0 radical (unpaired) electrons. The molecule has 0 heterocycles. The molecule has 0 amide bonds. The smallest absolute Gasteiger partial charge is 0.319 e. The summed E-state index contributed by atoms with van der Waals surface area (Å²) in [7, 11) is 1.31. The van der Waals surface area contributed by atoms with Crippen LogP contribution in [0.3, 0.4) is 0 Å². The third kappa shape index (κ3) is 3.65. The fourth-order valence-electron chi connectivity index (χ4n) is 1.15. The zero-order chi connectivity index (χ0) is 12.0. The first-order valence-corrected chi connectivity index (χ1v) is 5.42. The first-order chi connectivity index (χ1) is 7.67. The number of ether oxygens (including phenoxy) is 1. The van der Waals surface area contributed by atoms with Gasteiger partial charge in [0.2, 0.25) is 0 Å². The van der Waals surface area contributed by atoms with Crippen molar-refractivity contribution in [3.8, 4) is 6.07 Å². The lowest BCUT2D eigenvalue weighted by Gasteiger charge is -2.10. The maximum absolute atomic E-state index is 10.9. The van der Waals surface area contributed by atoms with E-state index in [1.54, 1.807) is 0 Å². The van der Waals surface area contributed by atoms with Crippen LogP contribution in [0.2, 0.25) is 0 Å². The molecule has 1 rings (SSSR count). The quantitative estimate of drug-likeness (QED) is 0.855. The molecule has 0 aliphatic rings. The van der Waals surface area contributed by atoms with Crippen molar-refractivity contribution in [2.24, 2.45) is 0 Å². The maximum atomic E-state index is 10.9. The average molecular weight is 283 g/mol. The molecule has 1 aromatic rings. The Hall–Kier alpha value is -1.38. The lowest BCUT2D eigenvalue weighted by atomic mass is 10.1. The highest BCUT2D eigenvalue weighted by atomic mass is 79.9. The maximum Gasteiger partial charge on any atom is 0.319 e. The second-order valence-electron chi connectivity index (χ2n) is 3.07. The van der Waals surface area contributed by atoms with Crippen LogP contribution >= 0.6 is 15.9 Å². The van der Waals surface area contributed by atoms with Gasteiger partial charge < -0.3 is 4.74 Å². The Morgan fingerprint density at radius 1 is 1.56 bits per heavy atom. The van der Waals surface area contributed by atoms with Crippen LogP contribution in [0.1, 0.15) is 11.6 Å². The predicted molar refractivity (Wildman–Crippen MR) is 62.5 cm³/mol. The van der Waals surface area contributed by atoms with Gasteiger partial charge in [-0.15, -0.1) is 0 Å². The number of hydrogen-bond donors (Lipinski definition) is 1. The SMILES string of the molecule is COC(=O)CNC(C#N)c1ccc(Br)cc1. The van der Waals surface area contributed by atoms with Crippen LogP contribution in [-0.4, -0.2) is 19.6 Å². The molecular formula is C11H11BrN2O2. The number of esters is 1. The highest BCUT2D eigenvalue weighted by Gasteiger charge is 2.11. The summed E-state index contributed by atoms with van der Waals surface area (Å²) in [6.45, 7) is 0.0186. The normalized spacial score (nSPS) is 11.6. The molecular weight excluding hydrogens is 272 g/mol. The largest absolute Gasteiger partial charge is 0.468 e. The Labute approximate surface area is 102 Å². The monoisotopic (exact) mass is 282 g/mol. The van der Waals surface area contributed by atoms with Gasteiger partial charge in [-0.2, -0.15) is 5.26 Å². The number of nitrogens with one attached hydrogen (secondary N) is 1. The number of nitriles is 1. The molecule has 0 aliphatic carbocycles. The Bertz CT molecular complexity index is 397. The fraction of sp³-hybridized carbons (Fsp3) is 0.273. The molecule has 84 valence electrons. The van der Waals surface area contributed by atoms with Crippen LogP contribution in [0.25, 0.3) is 0 Å². The van der Waals surface area contributed by atoms with Crippen molar-refractivity contribution >= 4 is 21.9 Å². The van der Waals surface area contributed by atoms with Gasteiger partial charge in [-0.3, -0.25) is 10.1 Å². The summed E-state index contributed by atoms with van der Waals surface area (Å²) in [6, 6.07) is 8.91. The minimum atomic E-state index is -0.507. The van der Waals surface area contributed by atoms with Gasteiger partial charge in [0.25, 0.3) is 0 Å². The first kappa shape index (κ1) is 12.7. The van der Waals surface area contributed by atoms with E-state index in [0.29, 0.717) is 0 Å². The minimum Gasteiger partial charge on any atom is -0.468 e. The molecule has 1 N–H and O–H groups in total. The van der Waals surface area contributed by atoms with Crippen LogP contribution in [0.5, 0.6) is 0 Å². The fourth-order valence-corrected chi connectivity index (χ4v) is 1.42. The summed E-state index contributed by atoms with van der Waals surface area (Å²) in [5.41, 5.74) is 0.814. The van der Waals surface area contributed by atoms with Crippen molar-refractivity contribution in [3.63, 3.8) is 0 Å². The summed E-state index contributed by atoms with van der Waals surface area (Å²) in [5, 5.41) is 11.8. The summed E-state index contributed by atoms with van der Waals surface area (Å²) in [6.07, 6.45) is 0. The summed E-state index contributed by atoms with van der Waals surface area (Å²) in [4.78, 5) is 10.9. The van der Waals surface area contributed by atoms with Gasteiger partial charge >= 0.3 is 5.97 Å². The highest BCUT2D eigenvalue weighted by Crippen LogP contribution is 2.16. The summed E-state index contributed by atoms with van der Waals surface area (Å²) >= 11 is 3.31. The molecule has 1 aromatic carbocycles. The van der Waals surface area contributed by atoms with Crippen molar-refractivity contribution in [2.45, 2.75) is 6.04 Å². The molecule has 0 spiro atoms. The van der Waals surface area contributed by atoms with Gasteiger partial charge in [0.1, 0.15) is 6.04 Å². The molecule has 0 saturated carbocycles. The third-order valence-electron chi connectivity index (χ3n) is 2.01. The first-order valence-electron chi connectivity index (χ1n) is 4.62. The van der Waals surface area contributed by atoms with Crippen LogP contribution < -0.4 is 5.32 Å². The number of carbonyl (C=O) groups is 1. The summed E-state index contributed by atoms with van der Waals surface area (Å²) in [5.74, 6) is -0.391. The molecule has 5 heteroatoms. The van der Waals surface area contributed by atoms with Gasteiger partial charge in [-0.25, -0.2) is 0 Å². The highest BCUT2D eigenvalue weighted by molar-refractivity contribution is 9.10. The number of nitrogens with zero attached hydrogens (tertiary/aromatic N) is 1. The van der Waals surface area contributed by atoms with E-state index < -0.39 is 12.0 Å². The standard InChI is InChI=1S/C11H11BrN2O2/c1-16-11(15)7-14-10(6-13)8-2-4-9(12)5-3-8/h2-5,10,14H,7H2,1H3. The number of benzene rings is 1. The molecule has 4 nitrogen and oxygen atoms in total. The second-order valence-corrected chi connectivity index (χ2v) is 3.99. The van der Waals surface area contributed by atoms with E-state index in [1.165, 1.54) is 7.11 Å². The van der Waals surface area contributed by atoms with E-state index in [4.69, 9.17) is 5.26 Å². The molecule has 1 atom stereocenters. The lowest BCUT2D eigenvalue weighted by Crippen LogP contribution is -2.27. The van der Waals surface area contributed by atoms with Crippen molar-refractivity contribution in [3.05, 3.63) is 34.3 Å². The molecule has 0 fully saturated rings. The van der Waals surface area contributed by atoms with Gasteiger partial charge in [-0.1, -0.05) is 28.1 Å². The average Bonchev–Trinajstić information content (AvgIpc) is 2.31. The van der Waals surface area contributed by atoms with Crippen LogP contribution in [0.15, 0.2) is 28.7 Å². The lowest BCUT2D eigenvalue weighted by molar-refractivity contribution is -0.139. The number of carbonyl (C=O) groups excluding carboxylic acids is 1. The van der Waals surface area contributed by atoms with Crippen molar-refractivity contribution < 1.29 is 9.53 Å². The minimum absolute atomic E-state index is 0.0186. The Morgan fingerprint density at radius 2 is 2.19 bits per heavy atom. The predicted octanol–water partition coefficient (Wildman–Crippen LogP) is 1.78. The van der Waals surface area contributed by atoms with Gasteiger partial charge in [0, 0.05) is 4.47 Å². The number of rotatable bonds is 4. The Balaban J connectivity index is 2.65. The van der Waals surface area contributed by atoms with Crippen molar-refractivity contribution in [1.82, 2.24) is 5.32 Å². The van der Waals surface area contributed by atoms with E-state index >= 15 is 0 Å². The molecule has 0 aliphatic heterocycles. The van der Waals surface area contributed by atoms with Crippen molar-refractivity contribution in [1.29, 1.82) is 5.26 Å². The van der Waals surface area contributed by atoms with E-state index in [0.717, 1.165) is 10.0 Å². The topological polar surface area (TPSA) is 62.1 Å². The summed E-state index contributed by atoms with van der Waals surface area (Å²) < 4.78 is 5.43. The number of hydrogen-bond acceptors (Lipinski definition) is 4.